The van der Waals surface area contributed by atoms with Crippen molar-refractivity contribution in [3.05, 3.63) is 47.5 Å². The summed E-state index contributed by atoms with van der Waals surface area (Å²) in [5, 5.41) is 0. The van der Waals surface area contributed by atoms with Crippen molar-refractivity contribution in [2.45, 2.75) is 116 Å². The van der Waals surface area contributed by atoms with Crippen LogP contribution in [0, 0.1) is 17.8 Å². The fraction of sp³-hybridized carbons (Fsp3) is 0.733. The van der Waals surface area contributed by atoms with Gasteiger partial charge in [0.15, 0.2) is 0 Å². The maximum Gasteiger partial charge on any atom is 0.0716 e. The molecule has 1 aromatic rings. The van der Waals surface area contributed by atoms with E-state index in [1.54, 1.807) is 5.56 Å². The van der Waals surface area contributed by atoms with Crippen LogP contribution in [0.5, 0.6) is 0 Å². The highest BCUT2D eigenvalue weighted by molar-refractivity contribution is 5.25. The van der Waals surface area contributed by atoms with Crippen molar-refractivity contribution in [2.24, 2.45) is 17.8 Å². The predicted molar refractivity (Wildman–Crippen MR) is 134 cm³/mol. The Bertz CT molecular complexity index is 600. The molecular weight excluding hydrogens is 376 g/mol. The van der Waals surface area contributed by atoms with Crippen LogP contribution in [0.1, 0.15) is 121 Å². The molecule has 0 spiro atoms. The van der Waals surface area contributed by atoms with Crippen LogP contribution in [0.25, 0.3) is 0 Å². The molecule has 2 aliphatic carbocycles. The minimum absolute atomic E-state index is 0.772. The van der Waals surface area contributed by atoms with Crippen LogP contribution in [-0.4, -0.2) is 6.61 Å². The molecule has 0 atom stereocenters. The smallest absolute Gasteiger partial charge is 0.0716 e. The maximum absolute atomic E-state index is 5.82. The molecule has 1 nitrogen and oxygen atoms in total. The summed E-state index contributed by atoms with van der Waals surface area (Å²) in [6.07, 6.45) is 24.3. The zero-order valence-electron chi connectivity index (χ0n) is 20.5. The van der Waals surface area contributed by atoms with E-state index in [2.05, 4.69) is 50.3 Å². The van der Waals surface area contributed by atoms with Crippen LogP contribution in [0.3, 0.4) is 0 Å². The van der Waals surface area contributed by atoms with Crippen molar-refractivity contribution in [3.63, 3.8) is 0 Å². The third kappa shape index (κ3) is 8.76. The highest BCUT2D eigenvalue weighted by Gasteiger charge is 2.25. The van der Waals surface area contributed by atoms with Gasteiger partial charge in [0.2, 0.25) is 0 Å². The van der Waals surface area contributed by atoms with E-state index in [9.17, 15) is 0 Å². The van der Waals surface area contributed by atoms with Gasteiger partial charge in [-0.15, -0.1) is 0 Å². The van der Waals surface area contributed by atoms with Crippen molar-refractivity contribution in [1.82, 2.24) is 0 Å². The van der Waals surface area contributed by atoms with Crippen LogP contribution in [0.2, 0.25) is 0 Å². The van der Waals surface area contributed by atoms with Gasteiger partial charge in [-0.25, -0.2) is 0 Å². The van der Waals surface area contributed by atoms with Gasteiger partial charge in [-0.05, 0) is 93.1 Å². The first-order valence-corrected chi connectivity index (χ1v) is 13.6. The third-order valence-corrected chi connectivity index (χ3v) is 8.11. The fourth-order valence-corrected chi connectivity index (χ4v) is 5.87. The van der Waals surface area contributed by atoms with Crippen molar-refractivity contribution in [3.8, 4) is 0 Å². The number of rotatable bonds is 12. The average Bonchev–Trinajstić information content (AvgIpc) is 2.83. The Morgan fingerprint density at radius 1 is 0.806 bits per heavy atom. The Kier molecular flexibility index (Phi) is 11.2. The van der Waals surface area contributed by atoms with E-state index in [1.807, 2.05) is 0 Å². The standard InChI is InChI=1S/C30H48O/c1-3-5-7-23-31-24-28-17-21-30(22-18-28)29-19-15-27(16-20-29)14-13-26-11-9-25(10-12-26)8-6-4-2/h4,6,17-18,21-22,25-27,29H,3,5,7-16,19-20,23-24H2,1-2H3. The van der Waals surface area contributed by atoms with E-state index in [1.165, 1.54) is 95.5 Å². The Balaban J connectivity index is 1.30. The van der Waals surface area contributed by atoms with E-state index in [4.69, 9.17) is 4.74 Å². The predicted octanol–water partition coefficient (Wildman–Crippen LogP) is 9.22. The number of unbranched alkanes of at least 4 members (excludes halogenated alkanes) is 2. The van der Waals surface area contributed by atoms with Gasteiger partial charge in [-0.1, -0.05) is 81.9 Å². The van der Waals surface area contributed by atoms with E-state index < -0.39 is 0 Å². The lowest BCUT2D eigenvalue weighted by atomic mass is 9.74. The average molecular weight is 425 g/mol. The molecule has 0 aliphatic heterocycles. The van der Waals surface area contributed by atoms with E-state index in [0.29, 0.717) is 0 Å². The highest BCUT2D eigenvalue weighted by Crippen LogP contribution is 2.40. The van der Waals surface area contributed by atoms with Gasteiger partial charge >= 0.3 is 0 Å². The highest BCUT2D eigenvalue weighted by atomic mass is 16.5. The molecule has 174 valence electrons. The first-order valence-electron chi connectivity index (χ1n) is 13.6. The molecule has 0 heterocycles. The topological polar surface area (TPSA) is 9.23 Å². The summed E-state index contributed by atoms with van der Waals surface area (Å²) < 4.78 is 5.82. The number of ether oxygens (including phenoxy) is 1. The van der Waals surface area contributed by atoms with Crippen molar-refractivity contribution >= 4 is 0 Å². The number of hydrogen-bond donors (Lipinski definition) is 0. The molecule has 1 heteroatoms. The van der Waals surface area contributed by atoms with Gasteiger partial charge in [0.25, 0.3) is 0 Å². The number of hydrogen-bond acceptors (Lipinski definition) is 1. The zero-order valence-corrected chi connectivity index (χ0v) is 20.5. The van der Waals surface area contributed by atoms with Crippen molar-refractivity contribution < 1.29 is 4.74 Å². The SMILES string of the molecule is CC=CCC1CCC(CCC2CCC(c3ccc(COCCCCC)cc3)CC2)CC1. The molecule has 2 saturated carbocycles. The van der Waals surface area contributed by atoms with Crippen molar-refractivity contribution in [1.29, 1.82) is 0 Å². The largest absolute Gasteiger partial charge is 0.377 e. The molecular formula is C30H48O. The van der Waals surface area contributed by atoms with Crippen LogP contribution in [0.4, 0.5) is 0 Å². The normalized spacial score (nSPS) is 27.0. The second kappa shape index (κ2) is 14.1. The summed E-state index contributed by atoms with van der Waals surface area (Å²) in [5.74, 6) is 3.78. The molecule has 2 fully saturated rings. The summed E-state index contributed by atoms with van der Waals surface area (Å²) in [6, 6.07) is 9.35. The van der Waals surface area contributed by atoms with Gasteiger partial charge < -0.3 is 4.74 Å². The molecule has 31 heavy (non-hydrogen) atoms. The van der Waals surface area contributed by atoms with E-state index in [0.717, 1.165) is 36.9 Å². The number of allylic oxidation sites excluding steroid dienone is 2. The Morgan fingerprint density at radius 3 is 2.03 bits per heavy atom. The van der Waals surface area contributed by atoms with Gasteiger partial charge in [-0.3, -0.25) is 0 Å². The molecule has 1 aromatic carbocycles. The quantitative estimate of drug-likeness (QED) is 0.240. The van der Waals surface area contributed by atoms with E-state index in [-0.39, 0.29) is 0 Å². The van der Waals surface area contributed by atoms with Crippen LogP contribution >= 0.6 is 0 Å². The first-order chi connectivity index (χ1) is 15.3. The third-order valence-electron chi connectivity index (χ3n) is 8.11. The molecule has 0 N–H and O–H groups in total. The van der Waals surface area contributed by atoms with Crippen molar-refractivity contribution in [2.75, 3.05) is 6.61 Å². The lowest BCUT2D eigenvalue weighted by Gasteiger charge is -2.32. The number of benzene rings is 1. The van der Waals surface area contributed by atoms with Gasteiger partial charge in [0.05, 0.1) is 6.61 Å². The van der Waals surface area contributed by atoms with Gasteiger partial charge in [0, 0.05) is 6.61 Å². The Hall–Kier alpha value is -1.08. The molecule has 0 amide bonds. The summed E-state index contributed by atoms with van der Waals surface area (Å²) in [5.41, 5.74) is 2.89. The molecule has 0 bridgehead atoms. The fourth-order valence-electron chi connectivity index (χ4n) is 5.87. The Morgan fingerprint density at radius 2 is 1.42 bits per heavy atom. The van der Waals surface area contributed by atoms with Gasteiger partial charge in [-0.2, -0.15) is 0 Å². The van der Waals surface area contributed by atoms with E-state index >= 15 is 0 Å². The Labute approximate surface area is 193 Å². The van der Waals surface area contributed by atoms with Crippen LogP contribution in [0.15, 0.2) is 36.4 Å². The lowest BCUT2D eigenvalue weighted by Crippen LogP contribution is -2.17. The molecule has 3 rings (SSSR count). The van der Waals surface area contributed by atoms with Crippen LogP contribution in [-0.2, 0) is 11.3 Å². The molecule has 0 unspecified atom stereocenters. The van der Waals surface area contributed by atoms with Gasteiger partial charge in [0.1, 0.15) is 0 Å². The summed E-state index contributed by atoms with van der Waals surface area (Å²) >= 11 is 0. The molecule has 0 saturated heterocycles. The monoisotopic (exact) mass is 424 g/mol. The summed E-state index contributed by atoms with van der Waals surface area (Å²) in [7, 11) is 0. The molecule has 0 radical (unpaired) electrons. The maximum atomic E-state index is 5.82. The molecule has 0 aromatic heterocycles. The summed E-state index contributed by atoms with van der Waals surface area (Å²) in [6.45, 7) is 6.07. The minimum atomic E-state index is 0.772. The zero-order chi connectivity index (χ0) is 21.7. The van der Waals surface area contributed by atoms with Crippen LogP contribution < -0.4 is 0 Å². The second-order valence-corrected chi connectivity index (χ2v) is 10.5. The minimum Gasteiger partial charge on any atom is -0.377 e. The summed E-state index contributed by atoms with van der Waals surface area (Å²) in [4.78, 5) is 0. The second-order valence-electron chi connectivity index (χ2n) is 10.5. The first kappa shape index (κ1) is 24.6. The molecule has 2 aliphatic rings. The lowest BCUT2D eigenvalue weighted by molar-refractivity contribution is 0.117.